The summed E-state index contributed by atoms with van der Waals surface area (Å²) in [7, 11) is 0. The average molecular weight is 389 g/mol. The number of rotatable bonds is 1. The van der Waals surface area contributed by atoms with Crippen molar-refractivity contribution in [3.8, 4) is 0 Å². The molecule has 1 aromatic heterocycles. The standard InChI is InChI=1S/C6H5I2N3O/c1-2-3(5(9)12)4(7)11-6(8)10-2/h1H3,(H2,9,12). The van der Waals surface area contributed by atoms with Crippen molar-refractivity contribution in [3.63, 3.8) is 0 Å². The molecule has 12 heavy (non-hydrogen) atoms. The van der Waals surface area contributed by atoms with Crippen molar-refractivity contribution < 1.29 is 4.79 Å². The molecule has 1 amide bonds. The second kappa shape index (κ2) is 3.81. The Morgan fingerprint density at radius 1 is 1.42 bits per heavy atom. The minimum Gasteiger partial charge on any atom is -0.365 e. The maximum absolute atomic E-state index is 10.9. The molecule has 0 aliphatic carbocycles. The Morgan fingerprint density at radius 2 is 2.00 bits per heavy atom. The van der Waals surface area contributed by atoms with Gasteiger partial charge < -0.3 is 5.73 Å². The highest BCUT2D eigenvalue weighted by atomic mass is 127. The minimum atomic E-state index is -0.478. The highest BCUT2D eigenvalue weighted by molar-refractivity contribution is 14.1. The van der Waals surface area contributed by atoms with Crippen LogP contribution in [-0.2, 0) is 0 Å². The number of hydrogen-bond donors (Lipinski definition) is 1. The molecule has 0 atom stereocenters. The van der Waals surface area contributed by atoms with Crippen LogP contribution in [-0.4, -0.2) is 15.9 Å². The molecule has 1 rings (SSSR count). The molecule has 0 spiro atoms. The predicted molar refractivity (Wildman–Crippen MR) is 60.7 cm³/mol. The summed E-state index contributed by atoms with van der Waals surface area (Å²) in [4.78, 5) is 18.9. The monoisotopic (exact) mass is 389 g/mol. The number of nitrogens with zero attached hydrogens (tertiary/aromatic N) is 2. The minimum absolute atomic E-state index is 0.413. The number of aromatic nitrogens is 2. The fourth-order valence-electron chi connectivity index (χ4n) is 0.785. The lowest BCUT2D eigenvalue weighted by atomic mass is 10.2. The molecule has 0 bridgehead atoms. The van der Waals surface area contributed by atoms with E-state index in [0.29, 0.717) is 18.8 Å². The highest BCUT2D eigenvalue weighted by Crippen LogP contribution is 2.13. The molecule has 0 unspecified atom stereocenters. The fourth-order valence-corrected chi connectivity index (χ4v) is 2.73. The number of amides is 1. The van der Waals surface area contributed by atoms with Crippen molar-refractivity contribution in [3.05, 3.63) is 18.8 Å². The Morgan fingerprint density at radius 3 is 2.42 bits per heavy atom. The normalized spacial score (nSPS) is 9.92. The van der Waals surface area contributed by atoms with Gasteiger partial charge in [0.15, 0.2) is 3.83 Å². The average Bonchev–Trinajstić information content (AvgIpc) is 1.82. The van der Waals surface area contributed by atoms with Gasteiger partial charge in [0.1, 0.15) is 3.70 Å². The van der Waals surface area contributed by atoms with Gasteiger partial charge in [0.25, 0.3) is 5.91 Å². The van der Waals surface area contributed by atoms with Crippen molar-refractivity contribution in [2.75, 3.05) is 0 Å². The summed E-state index contributed by atoms with van der Waals surface area (Å²) in [5.74, 6) is -0.478. The van der Waals surface area contributed by atoms with Crippen LogP contribution in [0.5, 0.6) is 0 Å². The summed E-state index contributed by atoms with van der Waals surface area (Å²) in [6.07, 6.45) is 0. The van der Waals surface area contributed by atoms with Crippen LogP contribution in [0.15, 0.2) is 0 Å². The second-order valence-electron chi connectivity index (χ2n) is 2.11. The number of halogens is 2. The number of hydrogen-bond acceptors (Lipinski definition) is 3. The molecule has 1 heterocycles. The van der Waals surface area contributed by atoms with Gasteiger partial charge in [0, 0.05) is 22.6 Å². The van der Waals surface area contributed by atoms with E-state index >= 15 is 0 Å². The molecule has 4 nitrogen and oxygen atoms in total. The van der Waals surface area contributed by atoms with Crippen LogP contribution in [0.25, 0.3) is 0 Å². The molecule has 0 saturated carbocycles. The zero-order valence-electron chi connectivity index (χ0n) is 6.14. The second-order valence-corrected chi connectivity index (χ2v) is 4.09. The van der Waals surface area contributed by atoms with Gasteiger partial charge in [-0.15, -0.1) is 0 Å². The van der Waals surface area contributed by atoms with E-state index in [-0.39, 0.29) is 0 Å². The first-order valence-corrected chi connectivity index (χ1v) is 5.17. The first-order chi connectivity index (χ1) is 5.52. The van der Waals surface area contributed by atoms with Gasteiger partial charge in [-0.2, -0.15) is 0 Å². The quantitative estimate of drug-likeness (QED) is 0.445. The smallest absolute Gasteiger partial charge is 0.253 e. The topological polar surface area (TPSA) is 68.9 Å². The van der Waals surface area contributed by atoms with Crippen LogP contribution in [0.1, 0.15) is 16.1 Å². The Labute approximate surface area is 96.6 Å². The van der Waals surface area contributed by atoms with E-state index in [1.54, 1.807) is 6.92 Å². The van der Waals surface area contributed by atoms with E-state index < -0.39 is 5.91 Å². The fraction of sp³-hybridized carbons (Fsp3) is 0.167. The molecule has 6 heteroatoms. The molecule has 0 aliphatic rings. The Kier molecular flexibility index (Phi) is 3.21. The van der Waals surface area contributed by atoms with Crippen molar-refractivity contribution in [1.82, 2.24) is 9.97 Å². The van der Waals surface area contributed by atoms with Crippen LogP contribution < -0.4 is 5.73 Å². The molecule has 0 aliphatic heterocycles. The Bertz CT molecular complexity index is 317. The Balaban J connectivity index is 3.38. The zero-order chi connectivity index (χ0) is 9.30. The summed E-state index contributed by atoms with van der Waals surface area (Å²) in [6.45, 7) is 1.74. The molecule has 0 saturated heterocycles. The number of carbonyl (C=O) groups is 1. The summed E-state index contributed by atoms with van der Waals surface area (Å²) >= 11 is 3.96. The van der Waals surface area contributed by atoms with E-state index in [2.05, 4.69) is 9.97 Å². The van der Waals surface area contributed by atoms with Crippen LogP contribution in [0.3, 0.4) is 0 Å². The van der Waals surface area contributed by atoms with Crippen LogP contribution in [0, 0.1) is 14.5 Å². The number of carbonyl (C=O) groups excluding carboxylic acids is 1. The summed E-state index contributed by atoms with van der Waals surface area (Å²) in [6, 6.07) is 0. The van der Waals surface area contributed by atoms with Gasteiger partial charge >= 0.3 is 0 Å². The third-order valence-electron chi connectivity index (χ3n) is 1.26. The molecule has 0 radical (unpaired) electrons. The molecule has 64 valence electrons. The van der Waals surface area contributed by atoms with Gasteiger partial charge in [0.2, 0.25) is 0 Å². The molecule has 0 aromatic carbocycles. The maximum Gasteiger partial charge on any atom is 0.253 e. The predicted octanol–water partition coefficient (Wildman–Crippen LogP) is 1.09. The summed E-state index contributed by atoms with van der Waals surface area (Å²) in [5, 5.41) is 0. The maximum atomic E-state index is 10.9. The highest BCUT2D eigenvalue weighted by Gasteiger charge is 2.12. The van der Waals surface area contributed by atoms with Crippen molar-refractivity contribution >= 4 is 51.1 Å². The van der Waals surface area contributed by atoms with Gasteiger partial charge in [-0.1, -0.05) is 0 Å². The zero-order valence-corrected chi connectivity index (χ0v) is 10.5. The van der Waals surface area contributed by atoms with Gasteiger partial charge in [-0.25, -0.2) is 9.97 Å². The van der Waals surface area contributed by atoms with Crippen LogP contribution >= 0.6 is 45.2 Å². The van der Waals surface area contributed by atoms with Crippen LogP contribution in [0.4, 0.5) is 0 Å². The molecule has 2 N–H and O–H groups in total. The molecule has 0 fully saturated rings. The van der Waals surface area contributed by atoms with E-state index in [1.807, 2.05) is 45.2 Å². The third kappa shape index (κ3) is 2.03. The van der Waals surface area contributed by atoms with E-state index in [4.69, 9.17) is 5.73 Å². The van der Waals surface area contributed by atoms with E-state index in [1.165, 1.54) is 0 Å². The lowest BCUT2D eigenvalue weighted by Crippen LogP contribution is -2.17. The number of primary amides is 1. The van der Waals surface area contributed by atoms with Gasteiger partial charge in [0.05, 0.1) is 11.3 Å². The lowest BCUT2D eigenvalue weighted by molar-refractivity contribution is 0.0998. The first-order valence-electron chi connectivity index (χ1n) is 3.02. The van der Waals surface area contributed by atoms with Gasteiger partial charge in [-0.3, -0.25) is 4.79 Å². The van der Waals surface area contributed by atoms with E-state index in [0.717, 1.165) is 0 Å². The lowest BCUT2D eigenvalue weighted by Gasteiger charge is -2.02. The summed E-state index contributed by atoms with van der Waals surface area (Å²) < 4.78 is 1.23. The SMILES string of the molecule is Cc1nc(I)nc(I)c1C(N)=O. The molecular formula is C6H5I2N3O. The molecule has 1 aromatic rings. The number of nitrogens with two attached hydrogens (primary N) is 1. The van der Waals surface area contributed by atoms with Crippen molar-refractivity contribution in [1.29, 1.82) is 0 Å². The van der Waals surface area contributed by atoms with Gasteiger partial charge in [-0.05, 0) is 29.5 Å². The number of aryl methyl sites for hydroxylation is 1. The largest absolute Gasteiger partial charge is 0.365 e. The third-order valence-corrected chi connectivity index (χ3v) is 2.53. The summed E-state index contributed by atoms with van der Waals surface area (Å²) in [5.41, 5.74) is 6.18. The van der Waals surface area contributed by atoms with Crippen molar-refractivity contribution in [2.45, 2.75) is 6.92 Å². The van der Waals surface area contributed by atoms with E-state index in [9.17, 15) is 4.79 Å². The Hall–Kier alpha value is 0.01000. The van der Waals surface area contributed by atoms with Crippen LogP contribution in [0.2, 0.25) is 0 Å². The molecular weight excluding hydrogens is 384 g/mol. The van der Waals surface area contributed by atoms with Crippen molar-refractivity contribution in [2.24, 2.45) is 5.73 Å². The first kappa shape index (κ1) is 10.1.